The van der Waals surface area contributed by atoms with Crippen molar-refractivity contribution in [3.63, 3.8) is 0 Å². The first-order valence-electron chi connectivity index (χ1n) is 6.84. The van der Waals surface area contributed by atoms with Crippen LogP contribution in [0.3, 0.4) is 0 Å². The second kappa shape index (κ2) is 11.1. The van der Waals surface area contributed by atoms with Gasteiger partial charge >= 0.3 is 0 Å². The van der Waals surface area contributed by atoms with Crippen LogP contribution in [0.25, 0.3) is 0 Å². The highest BCUT2D eigenvalue weighted by atomic mass is 16.5. The van der Waals surface area contributed by atoms with E-state index in [1.807, 2.05) is 0 Å². The lowest BCUT2D eigenvalue weighted by molar-refractivity contribution is 0.0990. The van der Waals surface area contributed by atoms with Crippen molar-refractivity contribution in [2.24, 2.45) is 0 Å². The van der Waals surface area contributed by atoms with Crippen LogP contribution in [0.15, 0.2) is 0 Å². The fourth-order valence-corrected chi connectivity index (χ4v) is 1.44. The first kappa shape index (κ1) is 17.5. The van der Waals surface area contributed by atoms with Crippen LogP contribution < -0.4 is 10.6 Å². The molecule has 0 aliphatic rings. The molecule has 1 heterocycles. The Balaban J connectivity index is 2.32. The molecule has 0 amide bonds. The standard InChI is InChI=1S/C12H23N5O4/c1-10-15-11(13-2-6-20-8-4-18)17-12(16-10)14-3-7-21-9-5-19/h18-19H,2-9H2,1H3,(H2,13,14,15,16,17). The van der Waals surface area contributed by atoms with Crippen molar-refractivity contribution in [2.45, 2.75) is 6.92 Å². The normalized spacial score (nSPS) is 10.6. The summed E-state index contributed by atoms with van der Waals surface area (Å²) < 4.78 is 10.3. The zero-order valence-corrected chi connectivity index (χ0v) is 12.2. The molecule has 0 saturated heterocycles. The molecule has 4 N–H and O–H groups in total. The first-order valence-corrected chi connectivity index (χ1v) is 6.84. The van der Waals surface area contributed by atoms with Gasteiger partial charge in [-0.3, -0.25) is 0 Å². The van der Waals surface area contributed by atoms with Gasteiger partial charge in [0.05, 0.1) is 39.6 Å². The van der Waals surface area contributed by atoms with E-state index in [2.05, 4.69) is 25.6 Å². The van der Waals surface area contributed by atoms with E-state index in [0.29, 0.717) is 57.2 Å². The van der Waals surface area contributed by atoms with Gasteiger partial charge in [0.15, 0.2) is 0 Å². The SMILES string of the molecule is Cc1nc(NCCOCCO)nc(NCCOCCO)n1. The number of aromatic nitrogens is 3. The maximum Gasteiger partial charge on any atom is 0.227 e. The van der Waals surface area contributed by atoms with Crippen molar-refractivity contribution < 1.29 is 19.7 Å². The molecule has 0 spiro atoms. The minimum atomic E-state index is 0.0112. The van der Waals surface area contributed by atoms with Gasteiger partial charge in [0, 0.05) is 13.1 Å². The number of hydrogen-bond donors (Lipinski definition) is 4. The molecule has 0 aliphatic heterocycles. The number of nitrogens with one attached hydrogen (secondary N) is 2. The molecule has 9 heteroatoms. The number of aryl methyl sites for hydroxylation is 1. The summed E-state index contributed by atoms with van der Waals surface area (Å²) in [6.07, 6.45) is 0. The lowest BCUT2D eigenvalue weighted by Gasteiger charge is -2.09. The monoisotopic (exact) mass is 301 g/mol. The average Bonchev–Trinajstić information content (AvgIpc) is 2.46. The summed E-state index contributed by atoms with van der Waals surface area (Å²) in [7, 11) is 0. The molecule has 1 aromatic heterocycles. The zero-order valence-electron chi connectivity index (χ0n) is 12.2. The van der Waals surface area contributed by atoms with Crippen LogP contribution in [0.5, 0.6) is 0 Å². The van der Waals surface area contributed by atoms with Crippen molar-refractivity contribution >= 4 is 11.9 Å². The molecular formula is C12H23N5O4. The predicted octanol–water partition coefficient (Wildman–Crippen LogP) is -0.978. The van der Waals surface area contributed by atoms with Crippen molar-refractivity contribution in [1.29, 1.82) is 0 Å². The Bertz CT molecular complexity index is 362. The highest BCUT2D eigenvalue weighted by Crippen LogP contribution is 2.04. The van der Waals surface area contributed by atoms with Crippen LogP contribution >= 0.6 is 0 Å². The molecule has 0 radical (unpaired) electrons. The Kier molecular flexibility index (Phi) is 9.29. The molecule has 21 heavy (non-hydrogen) atoms. The molecule has 9 nitrogen and oxygen atoms in total. The molecule has 0 saturated carbocycles. The van der Waals surface area contributed by atoms with Crippen molar-refractivity contribution in [2.75, 3.05) is 63.4 Å². The van der Waals surface area contributed by atoms with Gasteiger partial charge in [-0.2, -0.15) is 15.0 Å². The van der Waals surface area contributed by atoms with E-state index in [1.54, 1.807) is 6.92 Å². The molecule has 0 aromatic carbocycles. The number of anilines is 2. The summed E-state index contributed by atoms with van der Waals surface area (Å²) in [5, 5.41) is 23.2. The zero-order chi connectivity index (χ0) is 15.3. The number of hydrogen-bond acceptors (Lipinski definition) is 9. The summed E-state index contributed by atoms with van der Waals surface area (Å²) in [5.41, 5.74) is 0. The van der Waals surface area contributed by atoms with E-state index < -0.39 is 0 Å². The van der Waals surface area contributed by atoms with Gasteiger partial charge in [-0.1, -0.05) is 0 Å². The average molecular weight is 301 g/mol. The van der Waals surface area contributed by atoms with E-state index in [-0.39, 0.29) is 13.2 Å². The lowest BCUT2D eigenvalue weighted by atomic mass is 10.6. The Hall–Kier alpha value is -1.55. The predicted molar refractivity (Wildman–Crippen MR) is 77.4 cm³/mol. The molecule has 0 fully saturated rings. The minimum absolute atomic E-state index is 0.0112. The van der Waals surface area contributed by atoms with Gasteiger partial charge in [-0.15, -0.1) is 0 Å². The van der Waals surface area contributed by atoms with Crippen LogP contribution in [-0.2, 0) is 9.47 Å². The Labute approximate surface area is 123 Å². The molecule has 0 atom stereocenters. The van der Waals surface area contributed by atoms with E-state index in [4.69, 9.17) is 19.7 Å². The number of ether oxygens (including phenoxy) is 2. The largest absolute Gasteiger partial charge is 0.394 e. The topological polar surface area (TPSA) is 122 Å². The van der Waals surface area contributed by atoms with Gasteiger partial charge in [-0.05, 0) is 6.92 Å². The van der Waals surface area contributed by atoms with Crippen LogP contribution in [0, 0.1) is 6.92 Å². The molecule has 1 rings (SSSR count). The maximum atomic E-state index is 8.58. The molecule has 1 aromatic rings. The summed E-state index contributed by atoms with van der Waals surface area (Å²) in [4.78, 5) is 12.5. The van der Waals surface area contributed by atoms with Gasteiger partial charge in [0.2, 0.25) is 11.9 Å². The van der Waals surface area contributed by atoms with Crippen LogP contribution in [0.2, 0.25) is 0 Å². The maximum absolute atomic E-state index is 8.58. The summed E-state index contributed by atoms with van der Waals surface area (Å²) in [6.45, 7) is 4.45. The van der Waals surface area contributed by atoms with E-state index in [0.717, 1.165) is 0 Å². The second-order valence-electron chi connectivity index (χ2n) is 4.06. The summed E-state index contributed by atoms with van der Waals surface area (Å²) >= 11 is 0. The fourth-order valence-electron chi connectivity index (χ4n) is 1.44. The van der Waals surface area contributed by atoms with E-state index in [9.17, 15) is 0 Å². The van der Waals surface area contributed by atoms with Gasteiger partial charge in [0.1, 0.15) is 5.82 Å². The highest BCUT2D eigenvalue weighted by Gasteiger charge is 2.03. The number of rotatable bonds is 12. The molecule has 120 valence electrons. The van der Waals surface area contributed by atoms with Crippen LogP contribution in [0.1, 0.15) is 5.82 Å². The molecule has 0 aliphatic carbocycles. The van der Waals surface area contributed by atoms with Gasteiger partial charge in [-0.25, -0.2) is 0 Å². The van der Waals surface area contributed by atoms with E-state index >= 15 is 0 Å². The van der Waals surface area contributed by atoms with E-state index in [1.165, 1.54) is 0 Å². The minimum Gasteiger partial charge on any atom is -0.394 e. The van der Waals surface area contributed by atoms with Crippen molar-refractivity contribution in [1.82, 2.24) is 15.0 Å². The van der Waals surface area contributed by atoms with Gasteiger partial charge in [0.25, 0.3) is 0 Å². The summed E-state index contributed by atoms with van der Waals surface area (Å²) in [5.74, 6) is 1.53. The third-order valence-corrected chi connectivity index (χ3v) is 2.28. The molecular weight excluding hydrogens is 278 g/mol. The lowest BCUT2D eigenvalue weighted by Crippen LogP contribution is -2.17. The van der Waals surface area contributed by atoms with Crippen molar-refractivity contribution in [3.05, 3.63) is 5.82 Å². The smallest absolute Gasteiger partial charge is 0.227 e. The Morgan fingerprint density at radius 2 is 1.29 bits per heavy atom. The fraction of sp³-hybridized carbons (Fsp3) is 0.750. The first-order chi connectivity index (χ1) is 10.3. The Morgan fingerprint density at radius 1 is 0.810 bits per heavy atom. The van der Waals surface area contributed by atoms with Gasteiger partial charge < -0.3 is 30.3 Å². The van der Waals surface area contributed by atoms with Crippen LogP contribution in [-0.4, -0.2) is 77.9 Å². The van der Waals surface area contributed by atoms with Crippen LogP contribution in [0.4, 0.5) is 11.9 Å². The van der Waals surface area contributed by atoms with Crippen molar-refractivity contribution in [3.8, 4) is 0 Å². The second-order valence-corrected chi connectivity index (χ2v) is 4.06. The summed E-state index contributed by atoms with van der Waals surface area (Å²) in [6, 6.07) is 0. The highest BCUT2D eigenvalue weighted by molar-refractivity contribution is 5.34. The third kappa shape index (κ3) is 8.35. The number of nitrogens with zero attached hydrogens (tertiary/aromatic N) is 3. The number of aliphatic hydroxyl groups is 2. The number of aliphatic hydroxyl groups excluding tert-OH is 2. The third-order valence-electron chi connectivity index (χ3n) is 2.28. The molecule has 0 bridgehead atoms. The molecule has 0 unspecified atom stereocenters. The quantitative estimate of drug-likeness (QED) is 0.361. The Morgan fingerprint density at radius 3 is 1.71 bits per heavy atom.